The van der Waals surface area contributed by atoms with Crippen molar-refractivity contribution in [3.63, 3.8) is 0 Å². The Balaban J connectivity index is 2.55. The SMILES string of the molecule is CC(C)Cc1c[n+](C)c2ccccn12. The standard InChI is InChI=1S/C12H17N2/c1-10(2)8-11-9-13(3)12-6-4-5-7-14(11)12/h4-7,9-10H,8H2,1-3H3/q+1. The zero-order chi connectivity index (χ0) is 10.1. The van der Waals surface area contributed by atoms with Gasteiger partial charge in [0.2, 0.25) is 0 Å². The maximum absolute atomic E-state index is 2.26. The molecule has 0 bridgehead atoms. The lowest BCUT2D eigenvalue weighted by atomic mass is 10.1. The molecule has 2 heterocycles. The van der Waals surface area contributed by atoms with Crippen LogP contribution in [0.2, 0.25) is 0 Å². The minimum Gasteiger partial charge on any atom is -0.233 e. The monoisotopic (exact) mass is 189 g/mol. The fraction of sp³-hybridized carbons (Fsp3) is 0.417. The average molecular weight is 189 g/mol. The van der Waals surface area contributed by atoms with Crippen LogP contribution in [0.3, 0.4) is 0 Å². The van der Waals surface area contributed by atoms with Gasteiger partial charge in [-0.3, -0.25) is 0 Å². The first kappa shape index (κ1) is 9.25. The minimum absolute atomic E-state index is 0.702. The zero-order valence-electron chi connectivity index (χ0n) is 9.07. The van der Waals surface area contributed by atoms with E-state index >= 15 is 0 Å². The van der Waals surface area contributed by atoms with Crippen LogP contribution < -0.4 is 4.57 Å². The molecule has 0 aliphatic heterocycles. The number of hydrogen-bond donors (Lipinski definition) is 0. The second-order valence-corrected chi connectivity index (χ2v) is 4.26. The van der Waals surface area contributed by atoms with Gasteiger partial charge in [0.25, 0.3) is 5.65 Å². The molecule has 2 rings (SSSR count). The predicted octanol–water partition coefficient (Wildman–Crippen LogP) is 1.96. The van der Waals surface area contributed by atoms with Crippen LogP contribution in [0.1, 0.15) is 19.5 Å². The number of pyridine rings is 1. The second-order valence-electron chi connectivity index (χ2n) is 4.26. The van der Waals surface area contributed by atoms with Crippen LogP contribution in [-0.4, -0.2) is 4.40 Å². The number of hydrogen-bond acceptors (Lipinski definition) is 0. The van der Waals surface area contributed by atoms with Crippen molar-refractivity contribution in [3.8, 4) is 0 Å². The van der Waals surface area contributed by atoms with E-state index in [1.807, 2.05) is 0 Å². The smallest absolute Gasteiger partial charge is 0.233 e. The molecule has 2 nitrogen and oxygen atoms in total. The zero-order valence-corrected chi connectivity index (χ0v) is 9.07. The van der Waals surface area contributed by atoms with Gasteiger partial charge in [-0.15, -0.1) is 0 Å². The van der Waals surface area contributed by atoms with E-state index in [1.54, 1.807) is 0 Å². The molecule has 0 aromatic carbocycles. The Labute approximate surface area is 84.8 Å². The molecule has 0 fully saturated rings. The Kier molecular flexibility index (Phi) is 2.28. The molecule has 2 heteroatoms. The normalized spacial score (nSPS) is 11.4. The highest BCUT2D eigenvalue weighted by Crippen LogP contribution is 2.09. The summed E-state index contributed by atoms with van der Waals surface area (Å²) in [6.45, 7) is 4.50. The summed E-state index contributed by atoms with van der Waals surface area (Å²) in [6, 6.07) is 6.30. The van der Waals surface area contributed by atoms with Crippen molar-refractivity contribution in [3.05, 3.63) is 36.3 Å². The predicted molar refractivity (Wildman–Crippen MR) is 57.1 cm³/mol. The summed E-state index contributed by atoms with van der Waals surface area (Å²) in [6.07, 6.45) is 5.48. The van der Waals surface area contributed by atoms with Crippen LogP contribution in [0.5, 0.6) is 0 Å². The Morgan fingerprint density at radius 2 is 2.14 bits per heavy atom. The van der Waals surface area contributed by atoms with Gasteiger partial charge in [-0.25, -0.2) is 8.97 Å². The summed E-state index contributed by atoms with van der Waals surface area (Å²) < 4.78 is 4.44. The molecule has 0 aliphatic rings. The topological polar surface area (TPSA) is 8.29 Å². The van der Waals surface area contributed by atoms with E-state index < -0.39 is 0 Å². The molecule has 0 atom stereocenters. The minimum atomic E-state index is 0.702. The number of aromatic nitrogens is 2. The van der Waals surface area contributed by atoms with Crippen molar-refractivity contribution >= 4 is 5.65 Å². The second kappa shape index (κ2) is 3.45. The van der Waals surface area contributed by atoms with Crippen molar-refractivity contribution in [2.45, 2.75) is 20.3 Å². The molecule has 0 spiro atoms. The van der Waals surface area contributed by atoms with Crippen LogP contribution >= 0.6 is 0 Å². The Morgan fingerprint density at radius 1 is 1.36 bits per heavy atom. The van der Waals surface area contributed by atoms with Crippen molar-refractivity contribution in [2.24, 2.45) is 13.0 Å². The van der Waals surface area contributed by atoms with Gasteiger partial charge in [0.1, 0.15) is 11.9 Å². The Hall–Kier alpha value is -1.31. The highest BCUT2D eigenvalue weighted by atomic mass is 15.1. The number of rotatable bonds is 2. The Morgan fingerprint density at radius 3 is 2.86 bits per heavy atom. The molecule has 0 amide bonds. The van der Waals surface area contributed by atoms with E-state index in [1.165, 1.54) is 11.3 Å². The van der Waals surface area contributed by atoms with Crippen molar-refractivity contribution in [1.29, 1.82) is 0 Å². The van der Waals surface area contributed by atoms with E-state index in [2.05, 4.69) is 60.5 Å². The maximum atomic E-state index is 2.26. The first-order chi connectivity index (χ1) is 6.68. The highest BCUT2D eigenvalue weighted by molar-refractivity contribution is 5.33. The molecule has 74 valence electrons. The van der Waals surface area contributed by atoms with Gasteiger partial charge < -0.3 is 0 Å². The molecule has 0 unspecified atom stereocenters. The van der Waals surface area contributed by atoms with Crippen molar-refractivity contribution < 1.29 is 4.57 Å². The summed E-state index contributed by atoms with van der Waals surface area (Å²) >= 11 is 0. The quantitative estimate of drug-likeness (QED) is 0.638. The van der Waals surface area contributed by atoms with Crippen LogP contribution in [0, 0.1) is 5.92 Å². The summed E-state index contributed by atoms with van der Waals surface area (Å²) in [5, 5.41) is 0. The van der Waals surface area contributed by atoms with E-state index in [4.69, 9.17) is 0 Å². The third kappa shape index (κ3) is 1.52. The molecule has 0 aliphatic carbocycles. The summed E-state index contributed by atoms with van der Waals surface area (Å²) in [5.41, 5.74) is 2.64. The van der Waals surface area contributed by atoms with E-state index in [0.29, 0.717) is 5.92 Å². The highest BCUT2D eigenvalue weighted by Gasteiger charge is 2.13. The lowest BCUT2D eigenvalue weighted by molar-refractivity contribution is -0.644. The number of fused-ring (bicyclic) bond motifs is 1. The van der Waals surface area contributed by atoms with Gasteiger partial charge in [-0.05, 0) is 12.0 Å². The first-order valence-electron chi connectivity index (χ1n) is 5.13. The number of nitrogens with zero attached hydrogens (tertiary/aromatic N) is 2. The fourth-order valence-corrected chi connectivity index (χ4v) is 1.89. The summed E-state index contributed by atoms with van der Waals surface area (Å²) in [4.78, 5) is 0. The van der Waals surface area contributed by atoms with Gasteiger partial charge in [0, 0.05) is 12.5 Å². The maximum Gasteiger partial charge on any atom is 0.286 e. The van der Waals surface area contributed by atoms with Crippen LogP contribution in [-0.2, 0) is 13.5 Å². The van der Waals surface area contributed by atoms with Crippen LogP contribution in [0.4, 0.5) is 0 Å². The molecule has 0 N–H and O–H groups in total. The van der Waals surface area contributed by atoms with Gasteiger partial charge in [-0.2, -0.15) is 0 Å². The summed E-state index contributed by atoms with van der Waals surface area (Å²) in [5.74, 6) is 0.702. The number of imidazole rings is 1. The molecule has 2 aromatic heterocycles. The molecule has 0 radical (unpaired) electrons. The lowest BCUT2D eigenvalue weighted by Gasteiger charge is -1.98. The molecule has 0 saturated heterocycles. The van der Waals surface area contributed by atoms with Crippen LogP contribution in [0.25, 0.3) is 5.65 Å². The molecular weight excluding hydrogens is 172 g/mol. The van der Waals surface area contributed by atoms with E-state index in [0.717, 1.165) is 6.42 Å². The fourth-order valence-electron chi connectivity index (χ4n) is 1.89. The molecule has 0 saturated carbocycles. The lowest BCUT2D eigenvalue weighted by Crippen LogP contribution is -2.25. The Bertz CT molecular complexity index is 441. The summed E-state index contributed by atoms with van der Waals surface area (Å²) in [7, 11) is 2.10. The van der Waals surface area contributed by atoms with E-state index in [9.17, 15) is 0 Å². The first-order valence-corrected chi connectivity index (χ1v) is 5.13. The molecule has 2 aromatic rings. The van der Waals surface area contributed by atoms with Gasteiger partial charge in [0.15, 0.2) is 0 Å². The number of aryl methyl sites for hydroxylation is 1. The third-order valence-corrected chi connectivity index (χ3v) is 2.47. The third-order valence-electron chi connectivity index (χ3n) is 2.47. The van der Waals surface area contributed by atoms with Gasteiger partial charge in [0.05, 0.1) is 13.2 Å². The molecular formula is C12H17N2+. The van der Waals surface area contributed by atoms with Gasteiger partial charge in [-0.1, -0.05) is 19.9 Å². The van der Waals surface area contributed by atoms with Crippen LogP contribution in [0.15, 0.2) is 30.6 Å². The van der Waals surface area contributed by atoms with E-state index in [-0.39, 0.29) is 0 Å². The van der Waals surface area contributed by atoms with Crippen molar-refractivity contribution in [2.75, 3.05) is 0 Å². The van der Waals surface area contributed by atoms with Gasteiger partial charge >= 0.3 is 0 Å². The average Bonchev–Trinajstić information content (AvgIpc) is 2.44. The molecule has 14 heavy (non-hydrogen) atoms. The largest absolute Gasteiger partial charge is 0.286 e. The van der Waals surface area contributed by atoms with Crippen molar-refractivity contribution in [1.82, 2.24) is 4.40 Å².